The summed E-state index contributed by atoms with van der Waals surface area (Å²) in [7, 11) is -1.96. The van der Waals surface area contributed by atoms with E-state index in [0.29, 0.717) is 5.92 Å². The highest BCUT2D eigenvalue weighted by atomic mass is 28.3. The van der Waals surface area contributed by atoms with E-state index in [-0.39, 0.29) is 5.41 Å². The maximum absolute atomic E-state index is 2.66. The number of hydrogen-bond donors (Lipinski definition) is 0. The van der Waals surface area contributed by atoms with Crippen molar-refractivity contribution in [2.24, 2.45) is 5.92 Å². The van der Waals surface area contributed by atoms with Gasteiger partial charge in [-0.25, -0.2) is 0 Å². The average molecular weight is 591 g/mol. The summed E-state index contributed by atoms with van der Waals surface area (Å²) in [6.07, 6.45) is 5.89. The minimum atomic E-state index is -1.96. The molecule has 0 radical (unpaired) electrons. The maximum atomic E-state index is 2.66. The zero-order chi connectivity index (χ0) is 30.7. The third-order valence-electron chi connectivity index (χ3n) is 11.3. The Morgan fingerprint density at radius 1 is 0.705 bits per heavy atom. The standard InChI is InChI=1S/C43H46Si/c1-25(2)33-23-30-24-36(42-39(40(30)41(33)44(42,7)8)28-17-19-31(20-18-28)43(4,5)6)37-26(3)21-34-35(37)22-29-15-12-16-32(29)38(34)27-13-10-9-11-14-27/h9-11,13-14,17-20,22,24-25H,12,15-16,21,23H2,1-8H3. The predicted molar refractivity (Wildman–Crippen MR) is 192 cm³/mol. The molecule has 1 heterocycles. The van der Waals surface area contributed by atoms with Crippen molar-refractivity contribution in [3.63, 3.8) is 0 Å². The van der Waals surface area contributed by atoms with Gasteiger partial charge in [0.25, 0.3) is 0 Å². The Bertz CT molecular complexity index is 1940. The highest BCUT2D eigenvalue weighted by Crippen LogP contribution is 2.55. The lowest BCUT2D eigenvalue weighted by Gasteiger charge is -2.27. The highest BCUT2D eigenvalue weighted by Gasteiger charge is 2.49. The Morgan fingerprint density at radius 2 is 1.39 bits per heavy atom. The van der Waals surface area contributed by atoms with Gasteiger partial charge in [0.05, 0.1) is 0 Å². The summed E-state index contributed by atoms with van der Waals surface area (Å²) in [5.41, 5.74) is 23.4. The molecule has 8 rings (SSSR count). The minimum Gasteiger partial charge on any atom is -0.0630 e. The normalized spacial score (nSPS) is 17.8. The lowest BCUT2D eigenvalue weighted by atomic mass is 9.84. The summed E-state index contributed by atoms with van der Waals surface area (Å²) >= 11 is 0. The van der Waals surface area contributed by atoms with Crippen LogP contribution in [-0.4, -0.2) is 8.07 Å². The topological polar surface area (TPSA) is 0 Å². The molecule has 2 bridgehead atoms. The third-order valence-corrected chi connectivity index (χ3v) is 14.9. The molecule has 4 aromatic carbocycles. The molecule has 0 saturated heterocycles. The van der Waals surface area contributed by atoms with E-state index in [1.165, 1.54) is 41.5 Å². The van der Waals surface area contributed by atoms with Crippen molar-refractivity contribution in [1.29, 1.82) is 0 Å². The molecule has 44 heavy (non-hydrogen) atoms. The van der Waals surface area contributed by atoms with E-state index >= 15 is 0 Å². The van der Waals surface area contributed by atoms with Gasteiger partial charge >= 0.3 is 0 Å². The second-order valence-corrected chi connectivity index (χ2v) is 20.1. The zero-order valence-electron chi connectivity index (χ0n) is 28.0. The predicted octanol–water partition coefficient (Wildman–Crippen LogP) is 10.6. The molecule has 0 aromatic heterocycles. The molecule has 4 aliphatic rings. The van der Waals surface area contributed by atoms with E-state index in [9.17, 15) is 0 Å². The number of allylic oxidation sites excluding steroid dienone is 2. The van der Waals surface area contributed by atoms with E-state index in [0.717, 1.165) is 12.8 Å². The van der Waals surface area contributed by atoms with Crippen molar-refractivity contribution in [3.8, 4) is 22.3 Å². The first-order chi connectivity index (χ1) is 21.0. The quantitative estimate of drug-likeness (QED) is 0.207. The van der Waals surface area contributed by atoms with Crippen molar-refractivity contribution in [2.75, 3.05) is 0 Å². The van der Waals surface area contributed by atoms with Crippen LogP contribution in [0, 0.1) is 5.92 Å². The van der Waals surface area contributed by atoms with Gasteiger partial charge in [-0.1, -0.05) is 126 Å². The number of aryl methyl sites for hydroxylation is 1. The summed E-state index contributed by atoms with van der Waals surface area (Å²) in [5.74, 6) is 0.590. The van der Waals surface area contributed by atoms with Gasteiger partial charge in [0.2, 0.25) is 0 Å². The van der Waals surface area contributed by atoms with Gasteiger partial charge < -0.3 is 0 Å². The summed E-state index contributed by atoms with van der Waals surface area (Å²) in [6.45, 7) is 19.5. The van der Waals surface area contributed by atoms with Crippen LogP contribution in [0.5, 0.6) is 0 Å². The molecule has 1 heteroatoms. The summed E-state index contributed by atoms with van der Waals surface area (Å²) < 4.78 is 0. The Labute approximate surface area is 266 Å². The van der Waals surface area contributed by atoms with E-state index in [4.69, 9.17) is 0 Å². The second kappa shape index (κ2) is 9.54. The van der Waals surface area contributed by atoms with Gasteiger partial charge in [0.1, 0.15) is 8.07 Å². The fourth-order valence-corrected chi connectivity index (χ4v) is 13.4. The van der Waals surface area contributed by atoms with Crippen LogP contribution < -0.4 is 5.19 Å². The van der Waals surface area contributed by atoms with Gasteiger partial charge in [0.15, 0.2) is 0 Å². The molecule has 3 aliphatic carbocycles. The molecule has 0 spiro atoms. The van der Waals surface area contributed by atoms with Crippen LogP contribution in [0.15, 0.2) is 77.9 Å². The molecule has 222 valence electrons. The molecule has 1 aliphatic heterocycles. The first-order valence-electron chi connectivity index (χ1n) is 17.0. The van der Waals surface area contributed by atoms with Crippen LogP contribution >= 0.6 is 0 Å². The van der Waals surface area contributed by atoms with Crippen LogP contribution in [0.25, 0.3) is 33.0 Å². The Hall–Kier alpha value is -3.42. The van der Waals surface area contributed by atoms with Crippen LogP contribution in [0.3, 0.4) is 0 Å². The lowest BCUT2D eigenvalue weighted by Crippen LogP contribution is -2.42. The average Bonchev–Trinajstić information content (AvgIpc) is 3.72. The van der Waals surface area contributed by atoms with E-state index in [2.05, 4.69) is 121 Å². The van der Waals surface area contributed by atoms with Crippen molar-refractivity contribution < 1.29 is 0 Å². The van der Waals surface area contributed by atoms with Gasteiger partial charge in [-0.2, -0.15) is 0 Å². The van der Waals surface area contributed by atoms with Crippen LogP contribution in [0.4, 0.5) is 0 Å². The Morgan fingerprint density at radius 3 is 2.07 bits per heavy atom. The number of hydrogen-bond acceptors (Lipinski definition) is 0. The summed E-state index contributed by atoms with van der Waals surface area (Å²) in [6, 6.07) is 26.2. The van der Waals surface area contributed by atoms with Gasteiger partial charge in [-0.15, -0.1) is 0 Å². The molecule has 0 fully saturated rings. The van der Waals surface area contributed by atoms with Crippen molar-refractivity contribution in [1.82, 2.24) is 0 Å². The number of rotatable bonds is 4. The largest absolute Gasteiger partial charge is 0.114 e. The van der Waals surface area contributed by atoms with Crippen molar-refractivity contribution >= 4 is 24.0 Å². The molecule has 0 atom stereocenters. The second-order valence-electron chi connectivity index (χ2n) is 15.9. The smallest absolute Gasteiger partial charge is 0.0630 e. The minimum absolute atomic E-state index is 0.154. The van der Waals surface area contributed by atoms with E-state index in [1.54, 1.807) is 71.6 Å². The molecule has 0 saturated carbocycles. The van der Waals surface area contributed by atoms with Crippen LogP contribution in [-0.2, 0) is 31.1 Å². The highest BCUT2D eigenvalue weighted by molar-refractivity contribution is 7.08. The van der Waals surface area contributed by atoms with Crippen molar-refractivity contribution in [3.05, 3.63) is 122 Å². The first kappa shape index (κ1) is 28.1. The first-order valence-corrected chi connectivity index (χ1v) is 20.0. The third kappa shape index (κ3) is 3.87. The van der Waals surface area contributed by atoms with Crippen LogP contribution in [0.1, 0.15) is 92.5 Å². The fraction of sp³-hybridized carbons (Fsp3) is 0.349. The molecule has 4 aromatic rings. The van der Waals surface area contributed by atoms with E-state index in [1.807, 2.05) is 0 Å². The maximum Gasteiger partial charge on any atom is 0.114 e. The van der Waals surface area contributed by atoms with Gasteiger partial charge in [-0.3, -0.25) is 0 Å². The Balaban J connectivity index is 1.40. The molecular weight excluding hydrogens is 545 g/mol. The lowest BCUT2D eigenvalue weighted by molar-refractivity contribution is 0.590. The molecule has 0 nitrogen and oxygen atoms in total. The molecule has 0 amide bonds. The summed E-state index contributed by atoms with van der Waals surface area (Å²) in [5, 5.41) is 3.45. The van der Waals surface area contributed by atoms with Crippen molar-refractivity contribution in [2.45, 2.75) is 92.2 Å². The van der Waals surface area contributed by atoms with E-state index < -0.39 is 8.07 Å². The molecule has 0 unspecified atom stereocenters. The fourth-order valence-electron chi connectivity index (χ4n) is 9.33. The number of fused-ring (bicyclic) bond motifs is 3. The van der Waals surface area contributed by atoms with Crippen LogP contribution in [0.2, 0.25) is 13.1 Å². The zero-order valence-corrected chi connectivity index (χ0v) is 29.0. The summed E-state index contributed by atoms with van der Waals surface area (Å²) in [4.78, 5) is 0. The molecular formula is C43H46Si. The monoisotopic (exact) mass is 590 g/mol. The number of benzene rings is 4. The SMILES string of the molecule is CC1=C(c2cc3c4c(-c5ccc(C(C)(C)C)cc5)c2[Si](C)(C)C4=C(C(C)C)C3)c2cc3c(c(-c4ccccc4)c2C1)CCC3. The molecule has 0 N–H and O–H groups in total. The Kier molecular flexibility index (Phi) is 6.09. The van der Waals surface area contributed by atoms with Gasteiger partial charge in [-0.05, 0) is 133 Å². The van der Waals surface area contributed by atoms with Gasteiger partial charge in [0, 0.05) is 0 Å².